The van der Waals surface area contributed by atoms with Crippen LogP contribution in [0.25, 0.3) is 22.3 Å². The van der Waals surface area contributed by atoms with Crippen molar-refractivity contribution in [1.29, 1.82) is 10.8 Å². The highest BCUT2D eigenvalue weighted by molar-refractivity contribution is 5.98. The summed E-state index contributed by atoms with van der Waals surface area (Å²) >= 11 is 0. The highest BCUT2D eigenvalue weighted by Gasteiger charge is 2.09. The molecule has 0 saturated carbocycles. The van der Waals surface area contributed by atoms with Crippen LogP contribution < -0.4 is 20.9 Å². The second-order valence-electron chi connectivity index (χ2n) is 7.29. The first-order valence-electron chi connectivity index (χ1n) is 10.2. The van der Waals surface area contributed by atoms with Gasteiger partial charge in [0.15, 0.2) is 0 Å². The van der Waals surface area contributed by atoms with E-state index in [1.54, 1.807) is 30.3 Å². The molecule has 0 bridgehead atoms. The molecule has 0 aliphatic carbocycles. The van der Waals surface area contributed by atoms with Gasteiger partial charge in [-0.15, -0.1) is 0 Å². The van der Waals surface area contributed by atoms with Gasteiger partial charge in [-0.3, -0.25) is 10.8 Å². The van der Waals surface area contributed by atoms with Gasteiger partial charge in [-0.05, 0) is 48.5 Å². The maximum absolute atomic E-state index is 7.58. The average molecular weight is 428 g/mol. The number of benzene rings is 3. The molecule has 0 atom stereocenters. The third-order valence-electron chi connectivity index (χ3n) is 4.94. The number of ether oxygens (including phenoxy) is 2. The standard InChI is InChI=1S/C25H24N4O3/c26-24(27)16-7-9-20(10-8-16)30-11-2-12-31-21-4-1-3-17(13-21)22-14-18-5-6-19(25(28)29)15-23(18)32-22/h1,3-10,13-15H,2,11-12H2,(H3,26,27)(H3,28,29). The van der Waals surface area contributed by atoms with Crippen LogP contribution in [0.2, 0.25) is 0 Å². The second kappa shape index (κ2) is 9.26. The predicted molar refractivity (Wildman–Crippen MR) is 126 cm³/mol. The summed E-state index contributed by atoms with van der Waals surface area (Å²) in [6, 6.07) is 22.3. The lowest BCUT2D eigenvalue weighted by atomic mass is 10.1. The van der Waals surface area contributed by atoms with Crippen molar-refractivity contribution in [1.82, 2.24) is 0 Å². The molecule has 0 radical (unpaired) electrons. The first-order valence-corrected chi connectivity index (χ1v) is 10.2. The van der Waals surface area contributed by atoms with Crippen molar-refractivity contribution in [2.45, 2.75) is 6.42 Å². The molecule has 3 aromatic carbocycles. The Morgan fingerprint density at radius 2 is 1.44 bits per heavy atom. The van der Waals surface area contributed by atoms with Crippen LogP contribution in [0.3, 0.4) is 0 Å². The van der Waals surface area contributed by atoms with Gasteiger partial charge in [-0.25, -0.2) is 0 Å². The van der Waals surface area contributed by atoms with Crippen molar-refractivity contribution < 1.29 is 13.9 Å². The van der Waals surface area contributed by atoms with Crippen molar-refractivity contribution in [3.05, 3.63) is 83.9 Å². The Hall–Kier alpha value is -4.26. The molecular weight excluding hydrogens is 404 g/mol. The lowest BCUT2D eigenvalue weighted by Gasteiger charge is -2.09. The number of hydrogen-bond donors (Lipinski definition) is 4. The minimum atomic E-state index is 0.0114. The number of nitrogens with two attached hydrogens (primary N) is 2. The Bertz CT molecular complexity index is 1260. The summed E-state index contributed by atoms with van der Waals surface area (Å²) in [5.74, 6) is 2.25. The number of rotatable bonds is 9. The van der Waals surface area contributed by atoms with Crippen molar-refractivity contribution in [2.75, 3.05) is 13.2 Å². The van der Waals surface area contributed by atoms with Gasteiger partial charge in [0.25, 0.3) is 0 Å². The molecule has 0 spiro atoms. The molecule has 7 nitrogen and oxygen atoms in total. The van der Waals surface area contributed by atoms with Crippen LogP contribution in [0.15, 0.2) is 77.2 Å². The van der Waals surface area contributed by atoms with Crippen LogP contribution in [0, 0.1) is 10.8 Å². The fourth-order valence-corrected chi connectivity index (χ4v) is 3.25. The lowest BCUT2D eigenvalue weighted by molar-refractivity contribution is 0.247. The molecule has 0 aliphatic heterocycles. The molecule has 4 aromatic rings. The van der Waals surface area contributed by atoms with E-state index in [0.717, 1.165) is 34.6 Å². The Morgan fingerprint density at radius 3 is 2.16 bits per heavy atom. The van der Waals surface area contributed by atoms with Gasteiger partial charge in [-0.2, -0.15) is 0 Å². The van der Waals surface area contributed by atoms with Crippen molar-refractivity contribution >= 4 is 22.6 Å². The molecule has 162 valence electrons. The molecular formula is C25H24N4O3. The van der Waals surface area contributed by atoms with Crippen LogP contribution in [0.4, 0.5) is 0 Å². The third-order valence-corrected chi connectivity index (χ3v) is 4.94. The summed E-state index contributed by atoms with van der Waals surface area (Å²) in [6.45, 7) is 1.03. The van der Waals surface area contributed by atoms with Crippen LogP contribution in [0.5, 0.6) is 11.5 Å². The average Bonchev–Trinajstić information content (AvgIpc) is 3.23. The molecule has 0 fully saturated rings. The van der Waals surface area contributed by atoms with Gasteiger partial charge in [0.1, 0.15) is 34.5 Å². The van der Waals surface area contributed by atoms with E-state index in [4.69, 9.17) is 36.2 Å². The van der Waals surface area contributed by atoms with E-state index in [9.17, 15) is 0 Å². The molecule has 4 rings (SSSR count). The molecule has 1 heterocycles. The summed E-state index contributed by atoms with van der Waals surface area (Å²) in [5, 5.41) is 15.9. The predicted octanol–water partition coefficient (Wildman–Crippen LogP) is 4.52. The largest absolute Gasteiger partial charge is 0.493 e. The van der Waals surface area contributed by atoms with E-state index in [1.807, 2.05) is 42.5 Å². The Kier molecular flexibility index (Phi) is 6.07. The number of nitrogen functional groups attached to an aromatic ring is 2. The number of hydrogen-bond acceptors (Lipinski definition) is 5. The van der Waals surface area contributed by atoms with Gasteiger partial charge in [0.2, 0.25) is 0 Å². The monoisotopic (exact) mass is 428 g/mol. The van der Waals surface area contributed by atoms with Gasteiger partial charge in [0, 0.05) is 28.5 Å². The van der Waals surface area contributed by atoms with Crippen LogP contribution >= 0.6 is 0 Å². The molecule has 32 heavy (non-hydrogen) atoms. The first-order chi connectivity index (χ1) is 15.5. The van der Waals surface area contributed by atoms with E-state index >= 15 is 0 Å². The number of amidine groups is 2. The van der Waals surface area contributed by atoms with E-state index in [2.05, 4.69) is 0 Å². The fourth-order valence-electron chi connectivity index (χ4n) is 3.25. The summed E-state index contributed by atoms with van der Waals surface area (Å²) in [5.41, 5.74) is 13.9. The molecule has 0 unspecified atom stereocenters. The number of fused-ring (bicyclic) bond motifs is 1. The maximum Gasteiger partial charge on any atom is 0.135 e. The van der Waals surface area contributed by atoms with Crippen LogP contribution in [-0.2, 0) is 0 Å². The van der Waals surface area contributed by atoms with E-state index in [-0.39, 0.29) is 11.7 Å². The highest BCUT2D eigenvalue weighted by atomic mass is 16.5. The zero-order chi connectivity index (χ0) is 22.5. The van der Waals surface area contributed by atoms with Crippen molar-refractivity contribution in [3.8, 4) is 22.8 Å². The van der Waals surface area contributed by atoms with E-state index in [0.29, 0.717) is 29.9 Å². The summed E-state index contributed by atoms with van der Waals surface area (Å²) in [6.07, 6.45) is 0.719. The fraction of sp³-hybridized carbons (Fsp3) is 0.120. The van der Waals surface area contributed by atoms with Crippen molar-refractivity contribution in [2.24, 2.45) is 11.5 Å². The lowest BCUT2D eigenvalue weighted by Crippen LogP contribution is -2.10. The number of furan rings is 1. The maximum atomic E-state index is 7.58. The molecule has 0 saturated heterocycles. The Labute approximate surface area is 185 Å². The summed E-state index contributed by atoms with van der Waals surface area (Å²) in [7, 11) is 0. The highest BCUT2D eigenvalue weighted by Crippen LogP contribution is 2.30. The smallest absolute Gasteiger partial charge is 0.135 e. The summed E-state index contributed by atoms with van der Waals surface area (Å²) < 4.78 is 17.5. The second-order valence-corrected chi connectivity index (χ2v) is 7.29. The van der Waals surface area contributed by atoms with Gasteiger partial charge in [0.05, 0.1) is 13.2 Å². The van der Waals surface area contributed by atoms with Crippen molar-refractivity contribution in [3.63, 3.8) is 0 Å². The minimum absolute atomic E-state index is 0.0114. The van der Waals surface area contributed by atoms with E-state index < -0.39 is 0 Å². The van der Waals surface area contributed by atoms with Gasteiger partial charge < -0.3 is 25.4 Å². The first kappa shape index (κ1) is 21.0. The van der Waals surface area contributed by atoms with Crippen LogP contribution in [0.1, 0.15) is 17.5 Å². The number of nitrogens with one attached hydrogen (secondary N) is 2. The molecule has 1 aromatic heterocycles. The van der Waals surface area contributed by atoms with Gasteiger partial charge >= 0.3 is 0 Å². The minimum Gasteiger partial charge on any atom is -0.493 e. The van der Waals surface area contributed by atoms with E-state index in [1.165, 1.54) is 0 Å². The SMILES string of the molecule is N=C(N)c1ccc(OCCCOc2cccc(-c3cc4ccc(C(=N)N)cc4o3)c2)cc1. The quantitative estimate of drug-likeness (QED) is 0.177. The molecule has 6 N–H and O–H groups in total. The van der Waals surface area contributed by atoms with Crippen LogP contribution in [-0.4, -0.2) is 24.9 Å². The molecule has 0 aliphatic rings. The molecule has 7 heteroatoms. The molecule has 0 amide bonds. The van der Waals surface area contributed by atoms with Gasteiger partial charge in [-0.1, -0.05) is 24.3 Å². The third kappa shape index (κ3) is 4.89. The normalized spacial score (nSPS) is 10.8. The Balaban J connectivity index is 1.33. The topological polar surface area (TPSA) is 131 Å². The summed E-state index contributed by atoms with van der Waals surface area (Å²) in [4.78, 5) is 0. The Morgan fingerprint density at radius 1 is 0.750 bits per heavy atom. The zero-order valence-corrected chi connectivity index (χ0v) is 17.4. The zero-order valence-electron chi connectivity index (χ0n) is 17.4.